The van der Waals surface area contributed by atoms with Crippen LogP contribution in [0, 0.1) is 0 Å². The SMILES string of the molecule is CNCCN(C)C(=O)CN(C)S(C)(=O)=O. The Kier molecular flexibility index (Phi) is 5.77. The fourth-order valence-corrected chi connectivity index (χ4v) is 1.18. The monoisotopic (exact) mass is 237 g/mol. The van der Waals surface area contributed by atoms with Crippen molar-refractivity contribution in [3.8, 4) is 0 Å². The number of carbonyl (C=O) groups is 1. The molecule has 0 atom stereocenters. The predicted octanol–water partition coefficient (Wildman–Crippen LogP) is -1.44. The number of sulfonamides is 1. The number of likely N-dealkylation sites (N-methyl/N-ethyl adjacent to an activating group) is 3. The molecule has 0 aliphatic heterocycles. The molecule has 6 nitrogen and oxygen atoms in total. The first-order valence-corrected chi connectivity index (χ1v) is 6.43. The second-order valence-corrected chi connectivity index (χ2v) is 5.53. The lowest BCUT2D eigenvalue weighted by Gasteiger charge is -2.20. The molecule has 1 N–H and O–H groups in total. The van der Waals surface area contributed by atoms with Gasteiger partial charge in [-0.3, -0.25) is 4.79 Å². The fraction of sp³-hybridized carbons (Fsp3) is 0.875. The Labute approximate surface area is 91.3 Å². The Hall–Kier alpha value is -0.660. The first-order valence-electron chi connectivity index (χ1n) is 4.59. The molecule has 0 saturated carbocycles. The predicted molar refractivity (Wildman–Crippen MR) is 59.0 cm³/mol. The van der Waals surface area contributed by atoms with Gasteiger partial charge in [0.05, 0.1) is 12.8 Å². The molecule has 0 aromatic rings. The lowest BCUT2D eigenvalue weighted by atomic mass is 10.5. The molecule has 0 aliphatic carbocycles. The summed E-state index contributed by atoms with van der Waals surface area (Å²) >= 11 is 0. The molecule has 0 fully saturated rings. The van der Waals surface area contributed by atoms with Gasteiger partial charge in [-0.2, -0.15) is 4.31 Å². The lowest BCUT2D eigenvalue weighted by molar-refractivity contribution is -0.129. The van der Waals surface area contributed by atoms with E-state index >= 15 is 0 Å². The van der Waals surface area contributed by atoms with Crippen LogP contribution in [0.25, 0.3) is 0 Å². The van der Waals surface area contributed by atoms with E-state index in [1.165, 1.54) is 11.9 Å². The van der Waals surface area contributed by atoms with Crippen molar-refractivity contribution in [2.24, 2.45) is 0 Å². The molecule has 0 unspecified atom stereocenters. The van der Waals surface area contributed by atoms with Crippen LogP contribution >= 0.6 is 0 Å². The third kappa shape index (κ3) is 5.71. The number of rotatable bonds is 6. The second-order valence-electron chi connectivity index (χ2n) is 3.44. The molecule has 0 aromatic heterocycles. The lowest BCUT2D eigenvalue weighted by Crippen LogP contribution is -2.41. The standard InChI is InChI=1S/C8H19N3O3S/c1-9-5-6-10(2)8(12)7-11(3)15(4,13)14/h9H,5-7H2,1-4H3. The Bertz CT molecular complexity index is 302. The summed E-state index contributed by atoms with van der Waals surface area (Å²) in [6.07, 6.45) is 1.08. The largest absolute Gasteiger partial charge is 0.343 e. The van der Waals surface area contributed by atoms with Crippen LogP contribution < -0.4 is 5.32 Å². The van der Waals surface area contributed by atoms with E-state index in [-0.39, 0.29) is 12.5 Å². The summed E-state index contributed by atoms with van der Waals surface area (Å²) in [6, 6.07) is 0. The van der Waals surface area contributed by atoms with Crippen LogP contribution in [-0.2, 0) is 14.8 Å². The number of carbonyl (C=O) groups excluding carboxylic acids is 1. The summed E-state index contributed by atoms with van der Waals surface area (Å²) in [7, 11) is 1.55. The van der Waals surface area contributed by atoms with E-state index in [0.717, 1.165) is 10.6 Å². The van der Waals surface area contributed by atoms with Gasteiger partial charge in [0.15, 0.2) is 0 Å². The van der Waals surface area contributed by atoms with Gasteiger partial charge >= 0.3 is 0 Å². The summed E-state index contributed by atoms with van der Waals surface area (Å²) in [5, 5.41) is 2.91. The van der Waals surface area contributed by atoms with E-state index in [2.05, 4.69) is 5.32 Å². The van der Waals surface area contributed by atoms with Crippen LogP contribution in [0.2, 0.25) is 0 Å². The van der Waals surface area contributed by atoms with Crippen molar-refractivity contribution in [3.63, 3.8) is 0 Å². The summed E-state index contributed by atoms with van der Waals surface area (Å²) in [6.45, 7) is 1.14. The quantitative estimate of drug-likeness (QED) is 0.614. The van der Waals surface area contributed by atoms with Crippen molar-refractivity contribution in [2.75, 3.05) is 47.0 Å². The van der Waals surface area contributed by atoms with Crippen LogP contribution in [0.4, 0.5) is 0 Å². The highest BCUT2D eigenvalue weighted by Crippen LogP contribution is 1.94. The van der Waals surface area contributed by atoms with Crippen molar-refractivity contribution < 1.29 is 13.2 Å². The molecule has 0 aromatic carbocycles. The highest BCUT2D eigenvalue weighted by molar-refractivity contribution is 7.88. The maximum atomic E-state index is 11.5. The van der Waals surface area contributed by atoms with E-state index in [0.29, 0.717) is 13.1 Å². The summed E-state index contributed by atoms with van der Waals surface area (Å²) in [5.41, 5.74) is 0. The van der Waals surface area contributed by atoms with Crippen molar-refractivity contribution in [3.05, 3.63) is 0 Å². The number of amides is 1. The van der Waals surface area contributed by atoms with Gasteiger partial charge in [0, 0.05) is 27.2 Å². The molecular weight excluding hydrogens is 218 g/mol. The highest BCUT2D eigenvalue weighted by Gasteiger charge is 2.17. The normalized spacial score (nSPS) is 11.8. The average Bonchev–Trinajstić information content (AvgIpc) is 2.12. The molecule has 90 valence electrons. The van der Waals surface area contributed by atoms with Crippen LogP contribution in [0.1, 0.15) is 0 Å². The molecule has 0 heterocycles. The number of hydrogen-bond donors (Lipinski definition) is 1. The fourth-order valence-electron chi connectivity index (χ4n) is 0.833. The van der Waals surface area contributed by atoms with Gasteiger partial charge in [-0.05, 0) is 7.05 Å². The van der Waals surface area contributed by atoms with Gasteiger partial charge in [0.2, 0.25) is 15.9 Å². The third-order valence-corrected chi connectivity index (χ3v) is 3.31. The summed E-state index contributed by atoms with van der Waals surface area (Å²) < 4.78 is 23.1. The van der Waals surface area contributed by atoms with Gasteiger partial charge in [0.25, 0.3) is 0 Å². The topological polar surface area (TPSA) is 69.7 Å². The Morgan fingerprint density at radius 3 is 2.27 bits per heavy atom. The van der Waals surface area contributed by atoms with Crippen LogP contribution in [-0.4, -0.2) is 70.6 Å². The van der Waals surface area contributed by atoms with Crippen LogP contribution in [0.5, 0.6) is 0 Å². The van der Waals surface area contributed by atoms with Crippen LogP contribution in [0.15, 0.2) is 0 Å². The average molecular weight is 237 g/mol. The van der Waals surface area contributed by atoms with Crippen LogP contribution in [0.3, 0.4) is 0 Å². The maximum Gasteiger partial charge on any atom is 0.237 e. The molecule has 0 aliphatic rings. The van der Waals surface area contributed by atoms with Crippen molar-refractivity contribution in [1.82, 2.24) is 14.5 Å². The van der Waals surface area contributed by atoms with Gasteiger partial charge < -0.3 is 10.2 Å². The molecule has 0 saturated heterocycles. The minimum absolute atomic E-state index is 0.112. The number of nitrogens with one attached hydrogen (secondary N) is 1. The molecule has 7 heteroatoms. The molecule has 0 spiro atoms. The van der Waals surface area contributed by atoms with Crippen molar-refractivity contribution >= 4 is 15.9 Å². The second kappa shape index (κ2) is 6.04. The van der Waals surface area contributed by atoms with E-state index in [9.17, 15) is 13.2 Å². The zero-order valence-electron chi connectivity index (χ0n) is 9.65. The van der Waals surface area contributed by atoms with Gasteiger partial charge in [-0.1, -0.05) is 0 Å². The minimum atomic E-state index is -3.28. The first kappa shape index (κ1) is 14.3. The molecule has 0 radical (unpaired) electrons. The molecule has 0 rings (SSSR count). The number of nitrogens with zero attached hydrogens (tertiary/aromatic N) is 2. The molecule has 1 amide bonds. The summed E-state index contributed by atoms with van der Waals surface area (Å²) in [5.74, 6) is -0.210. The zero-order chi connectivity index (χ0) is 12.1. The van der Waals surface area contributed by atoms with E-state index in [4.69, 9.17) is 0 Å². The van der Waals surface area contributed by atoms with Crippen molar-refractivity contribution in [2.45, 2.75) is 0 Å². The molecule has 15 heavy (non-hydrogen) atoms. The maximum absolute atomic E-state index is 11.5. The Balaban J connectivity index is 4.13. The minimum Gasteiger partial charge on any atom is -0.343 e. The number of hydrogen-bond acceptors (Lipinski definition) is 4. The third-order valence-electron chi connectivity index (χ3n) is 2.05. The Morgan fingerprint density at radius 1 is 1.33 bits per heavy atom. The van der Waals surface area contributed by atoms with Gasteiger partial charge in [0.1, 0.15) is 0 Å². The van der Waals surface area contributed by atoms with Gasteiger partial charge in [-0.25, -0.2) is 8.42 Å². The van der Waals surface area contributed by atoms with E-state index < -0.39 is 10.0 Å². The Morgan fingerprint density at radius 2 is 1.87 bits per heavy atom. The highest BCUT2D eigenvalue weighted by atomic mass is 32.2. The van der Waals surface area contributed by atoms with Gasteiger partial charge in [-0.15, -0.1) is 0 Å². The molecule has 0 bridgehead atoms. The summed E-state index contributed by atoms with van der Waals surface area (Å²) in [4.78, 5) is 13.0. The smallest absolute Gasteiger partial charge is 0.237 e. The first-order chi connectivity index (χ1) is 6.79. The zero-order valence-corrected chi connectivity index (χ0v) is 10.5. The van der Waals surface area contributed by atoms with E-state index in [1.807, 2.05) is 0 Å². The van der Waals surface area contributed by atoms with Crippen molar-refractivity contribution in [1.29, 1.82) is 0 Å². The van der Waals surface area contributed by atoms with E-state index in [1.54, 1.807) is 14.1 Å². The molecular formula is C8H19N3O3S.